The van der Waals surface area contributed by atoms with Gasteiger partial charge in [-0.2, -0.15) is 0 Å². The van der Waals surface area contributed by atoms with Crippen LogP contribution in [0, 0.1) is 5.92 Å². The minimum Gasteiger partial charge on any atom is -0.507 e. The lowest BCUT2D eigenvalue weighted by Crippen LogP contribution is -2.62. The summed E-state index contributed by atoms with van der Waals surface area (Å²) in [5.41, 5.74) is 0.528. The Labute approximate surface area is 140 Å². The second-order valence-corrected chi connectivity index (χ2v) is 6.66. The number of benzene rings is 1. The topological polar surface area (TPSA) is 78.6 Å². The van der Waals surface area contributed by atoms with Crippen molar-refractivity contribution in [1.82, 2.24) is 15.2 Å². The van der Waals surface area contributed by atoms with Gasteiger partial charge < -0.3 is 14.8 Å². The molecule has 0 saturated carbocycles. The van der Waals surface area contributed by atoms with E-state index in [1.165, 1.54) is 6.20 Å². The van der Waals surface area contributed by atoms with Gasteiger partial charge in [-0.05, 0) is 50.9 Å². The summed E-state index contributed by atoms with van der Waals surface area (Å²) in [6.45, 7) is 4.41. The van der Waals surface area contributed by atoms with Crippen molar-refractivity contribution in [1.29, 1.82) is 0 Å². The van der Waals surface area contributed by atoms with Crippen LogP contribution in [0.15, 0.2) is 34.9 Å². The molecule has 2 N–H and O–H groups in total. The van der Waals surface area contributed by atoms with E-state index in [1.807, 2.05) is 0 Å². The summed E-state index contributed by atoms with van der Waals surface area (Å²) in [6, 6.07) is 7.32. The molecule has 2 atom stereocenters. The van der Waals surface area contributed by atoms with E-state index < -0.39 is 0 Å². The summed E-state index contributed by atoms with van der Waals surface area (Å²) >= 11 is 0. The van der Waals surface area contributed by atoms with Crippen LogP contribution in [0.5, 0.6) is 5.75 Å². The molecule has 5 rings (SSSR count). The number of oxazole rings is 1. The Balaban J connectivity index is 1.51. The molecule has 4 heterocycles. The molecule has 6 heteroatoms. The lowest BCUT2D eigenvalue weighted by atomic mass is 9.79. The molecule has 6 nitrogen and oxygen atoms in total. The first kappa shape index (κ1) is 15.2. The zero-order valence-corrected chi connectivity index (χ0v) is 13.6. The molecule has 2 unspecified atom stereocenters. The zero-order chi connectivity index (χ0) is 16.7. The van der Waals surface area contributed by atoms with Crippen molar-refractivity contribution >= 4 is 5.91 Å². The van der Waals surface area contributed by atoms with E-state index in [1.54, 1.807) is 24.3 Å². The van der Waals surface area contributed by atoms with Crippen LogP contribution < -0.4 is 5.32 Å². The number of hydrogen-bond donors (Lipinski definition) is 2. The summed E-state index contributed by atoms with van der Waals surface area (Å²) in [6.07, 6.45) is 3.73. The van der Waals surface area contributed by atoms with Crippen molar-refractivity contribution in [2.24, 2.45) is 5.92 Å². The number of phenols is 1. The molecule has 1 aromatic heterocycles. The molecule has 3 fully saturated rings. The average Bonchev–Trinajstić information content (AvgIpc) is 3.09. The number of piperidine rings is 3. The van der Waals surface area contributed by atoms with Crippen molar-refractivity contribution in [2.45, 2.75) is 31.8 Å². The third-order valence-corrected chi connectivity index (χ3v) is 5.34. The Morgan fingerprint density at radius 2 is 2.08 bits per heavy atom. The number of amides is 1. The van der Waals surface area contributed by atoms with Crippen LogP contribution in [0.1, 0.15) is 30.5 Å². The predicted octanol–water partition coefficient (Wildman–Crippen LogP) is 2.26. The maximum Gasteiger partial charge on any atom is 0.307 e. The number of rotatable bonds is 3. The van der Waals surface area contributed by atoms with Gasteiger partial charge in [0.05, 0.1) is 11.8 Å². The molecular formula is C18H21N3O3. The Kier molecular flexibility index (Phi) is 3.76. The number of phenolic OH excluding ortho intramolecular Hbond substituents is 1. The van der Waals surface area contributed by atoms with Crippen LogP contribution in [0.3, 0.4) is 0 Å². The van der Waals surface area contributed by atoms with E-state index in [4.69, 9.17) is 4.42 Å². The minimum atomic E-state index is -0.290. The first-order valence-corrected chi connectivity index (χ1v) is 8.42. The van der Waals surface area contributed by atoms with Crippen molar-refractivity contribution in [3.05, 3.63) is 36.4 Å². The van der Waals surface area contributed by atoms with Crippen molar-refractivity contribution in [3.8, 4) is 17.1 Å². The second kappa shape index (κ2) is 5.94. The standard InChI is InChI=1S/C18H21N3O3/c1-11-16(12-6-8-21(11)9-7-12)20-17(23)18-19-10-15(24-18)13-4-2-3-5-14(13)22/h2-5,10-12,16,22H,6-9H2,1H3,(H,20,23). The van der Waals surface area contributed by atoms with E-state index in [2.05, 4.69) is 22.1 Å². The van der Waals surface area contributed by atoms with Gasteiger partial charge in [0.1, 0.15) is 5.75 Å². The molecule has 0 spiro atoms. The second-order valence-electron chi connectivity index (χ2n) is 6.66. The zero-order valence-electron chi connectivity index (χ0n) is 13.6. The van der Waals surface area contributed by atoms with E-state index in [0.717, 1.165) is 25.9 Å². The van der Waals surface area contributed by atoms with Gasteiger partial charge in [0.25, 0.3) is 5.89 Å². The van der Waals surface area contributed by atoms with Crippen molar-refractivity contribution in [2.75, 3.05) is 13.1 Å². The van der Waals surface area contributed by atoms with E-state index >= 15 is 0 Å². The molecule has 3 saturated heterocycles. The Morgan fingerprint density at radius 3 is 2.79 bits per heavy atom. The lowest BCUT2D eigenvalue weighted by Gasteiger charge is -2.49. The molecule has 2 bridgehead atoms. The average molecular weight is 327 g/mol. The van der Waals surface area contributed by atoms with Crippen LogP contribution >= 0.6 is 0 Å². The molecular weight excluding hydrogens is 306 g/mol. The number of aromatic hydroxyl groups is 1. The smallest absolute Gasteiger partial charge is 0.307 e. The van der Waals surface area contributed by atoms with Crippen LogP contribution in [0.2, 0.25) is 0 Å². The number of hydrogen-bond acceptors (Lipinski definition) is 5. The van der Waals surface area contributed by atoms with E-state index in [9.17, 15) is 9.90 Å². The highest BCUT2D eigenvalue weighted by atomic mass is 16.4. The normalized spacial score (nSPS) is 28.7. The molecule has 0 aliphatic carbocycles. The summed E-state index contributed by atoms with van der Waals surface area (Å²) in [4.78, 5) is 19.0. The van der Waals surface area contributed by atoms with Crippen LogP contribution in [0.4, 0.5) is 0 Å². The molecule has 0 radical (unpaired) electrons. The molecule has 3 aliphatic rings. The number of fused-ring (bicyclic) bond motifs is 3. The third-order valence-electron chi connectivity index (χ3n) is 5.34. The fourth-order valence-corrected chi connectivity index (χ4v) is 3.94. The summed E-state index contributed by atoms with van der Waals surface area (Å²) in [5, 5.41) is 13.0. The van der Waals surface area contributed by atoms with E-state index in [0.29, 0.717) is 23.3 Å². The summed E-state index contributed by atoms with van der Waals surface area (Å²) in [7, 11) is 0. The van der Waals surface area contributed by atoms with Gasteiger partial charge >= 0.3 is 5.91 Å². The first-order chi connectivity index (χ1) is 11.6. The van der Waals surface area contributed by atoms with Crippen molar-refractivity contribution in [3.63, 3.8) is 0 Å². The maximum atomic E-state index is 12.5. The van der Waals surface area contributed by atoms with Gasteiger partial charge in [0, 0.05) is 12.1 Å². The van der Waals surface area contributed by atoms with Gasteiger partial charge in [0.2, 0.25) is 0 Å². The van der Waals surface area contributed by atoms with Crippen molar-refractivity contribution < 1.29 is 14.3 Å². The fourth-order valence-electron chi connectivity index (χ4n) is 3.94. The highest BCUT2D eigenvalue weighted by Crippen LogP contribution is 2.33. The third kappa shape index (κ3) is 2.57. The number of carbonyl (C=O) groups excluding carboxylic acids is 1. The molecule has 1 aromatic carbocycles. The number of para-hydroxylation sites is 1. The Hall–Kier alpha value is -2.34. The molecule has 126 valence electrons. The fraction of sp³-hybridized carbons (Fsp3) is 0.444. The monoisotopic (exact) mass is 327 g/mol. The summed E-state index contributed by atoms with van der Waals surface area (Å²) in [5.74, 6) is 0.771. The van der Waals surface area contributed by atoms with Gasteiger partial charge in [-0.25, -0.2) is 4.98 Å². The molecule has 1 amide bonds. The minimum absolute atomic E-state index is 0.0388. The Bertz CT molecular complexity index is 747. The highest BCUT2D eigenvalue weighted by molar-refractivity contribution is 5.90. The van der Waals surface area contributed by atoms with Gasteiger partial charge in [-0.3, -0.25) is 9.69 Å². The molecule has 3 aliphatic heterocycles. The van der Waals surface area contributed by atoms with Gasteiger partial charge in [0.15, 0.2) is 5.76 Å². The van der Waals surface area contributed by atoms with Gasteiger partial charge in [-0.1, -0.05) is 12.1 Å². The highest BCUT2D eigenvalue weighted by Gasteiger charge is 2.40. The van der Waals surface area contributed by atoms with E-state index in [-0.39, 0.29) is 23.6 Å². The number of aromatic nitrogens is 1. The van der Waals surface area contributed by atoms with Crippen LogP contribution in [0.25, 0.3) is 11.3 Å². The summed E-state index contributed by atoms with van der Waals surface area (Å²) < 4.78 is 5.57. The van der Waals surface area contributed by atoms with Crippen LogP contribution in [-0.4, -0.2) is 46.1 Å². The lowest BCUT2D eigenvalue weighted by molar-refractivity contribution is 0.0210. The number of nitrogens with one attached hydrogen (secondary N) is 1. The predicted molar refractivity (Wildman–Crippen MR) is 88.6 cm³/mol. The SMILES string of the molecule is CC1C(NC(=O)c2ncc(-c3ccccc3O)o2)C2CCN1CC2. The first-order valence-electron chi connectivity index (χ1n) is 8.42. The molecule has 2 aromatic rings. The largest absolute Gasteiger partial charge is 0.507 e. The number of carbonyl (C=O) groups is 1. The maximum absolute atomic E-state index is 12.5. The van der Waals surface area contributed by atoms with Crippen LogP contribution in [-0.2, 0) is 0 Å². The quantitative estimate of drug-likeness (QED) is 0.904. The molecule has 24 heavy (non-hydrogen) atoms. The number of nitrogens with zero attached hydrogens (tertiary/aromatic N) is 2. The van der Waals surface area contributed by atoms with Gasteiger partial charge in [-0.15, -0.1) is 0 Å². The Morgan fingerprint density at radius 1 is 1.33 bits per heavy atom.